The van der Waals surface area contributed by atoms with Gasteiger partial charge in [0.25, 0.3) is 0 Å². The lowest BCUT2D eigenvalue weighted by Gasteiger charge is -2.39. The lowest BCUT2D eigenvalue weighted by molar-refractivity contribution is 0.177. The van der Waals surface area contributed by atoms with Crippen LogP contribution in [-0.2, 0) is 6.54 Å². The molecule has 1 saturated heterocycles. The third-order valence-electron chi connectivity index (χ3n) is 4.16. The number of aromatic nitrogens is 3. The van der Waals surface area contributed by atoms with Crippen molar-refractivity contribution in [3.63, 3.8) is 0 Å². The molecular weight excluding hydrogens is 304 g/mol. The van der Waals surface area contributed by atoms with Gasteiger partial charge in [-0.2, -0.15) is 5.26 Å². The molecule has 7 nitrogen and oxygen atoms in total. The number of piperazine rings is 1. The lowest BCUT2D eigenvalue weighted by atomic mass is 10.2. The van der Waals surface area contributed by atoms with Gasteiger partial charge < -0.3 is 9.64 Å². The van der Waals surface area contributed by atoms with Gasteiger partial charge >= 0.3 is 0 Å². The minimum atomic E-state index is 0.334. The Labute approximate surface area is 141 Å². The SMILES string of the molecule is COc1cccc(CN2CCN(c3nccc(C#N)n3)CC2C)n1. The van der Waals surface area contributed by atoms with Crippen molar-refractivity contribution in [2.75, 3.05) is 31.6 Å². The van der Waals surface area contributed by atoms with Crippen molar-refractivity contribution in [1.29, 1.82) is 5.26 Å². The van der Waals surface area contributed by atoms with Gasteiger partial charge in [0, 0.05) is 44.5 Å². The normalized spacial score (nSPS) is 18.2. The molecule has 24 heavy (non-hydrogen) atoms. The third kappa shape index (κ3) is 3.60. The van der Waals surface area contributed by atoms with Gasteiger partial charge in [-0.25, -0.2) is 15.0 Å². The molecule has 3 heterocycles. The number of ether oxygens (including phenoxy) is 1. The first-order chi connectivity index (χ1) is 11.7. The highest BCUT2D eigenvalue weighted by Crippen LogP contribution is 2.18. The van der Waals surface area contributed by atoms with Crippen LogP contribution >= 0.6 is 0 Å². The summed E-state index contributed by atoms with van der Waals surface area (Å²) >= 11 is 0. The highest BCUT2D eigenvalue weighted by atomic mass is 16.5. The van der Waals surface area contributed by atoms with Crippen LogP contribution in [-0.4, -0.2) is 52.6 Å². The summed E-state index contributed by atoms with van der Waals surface area (Å²) in [5.41, 5.74) is 1.40. The second kappa shape index (κ2) is 7.23. The van der Waals surface area contributed by atoms with E-state index >= 15 is 0 Å². The third-order valence-corrected chi connectivity index (χ3v) is 4.16. The summed E-state index contributed by atoms with van der Waals surface area (Å²) in [6.07, 6.45) is 1.64. The van der Waals surface area contributed by atoms with Crippen LogP contribution in [0.1, 0.15) is 18.3 Å². The molecule has 1 fully saturated rings. The topological polar surface area (TPSA) is 78.2 Å². The first-order valence-electron chi connectivity index (χ1n) is 7.91. The van der Waals surface area contributed by atoms with Crippen molar-refractivity contribution in [2.45, 2.75) is 19.5 Å². The summed E-state index contributed by atoms with van der Waals surface area (Å²) in [4.78, 5) is 17.6. The summed E-state index contributed by atoms with van der Waals surface area (Å²) in [5.74, 6) is 1.26. The van der Waals surface area contributed by atoms with Gasteiger partial charge in [0.15, 0.2) is 0 Å². The molecule has 7 heteroatoms. The minimum Gasteiger partial charge on any atom is -0.481 e. The zero-order valence-electron chi connectivity index (χ0n) is 13.9. The number of pyridine rings is 1. The van der Waals surface area contributed by atoms with E-state index in [1.54, 1.807) is 19.4 Å². The molecule has 2 aromatic heterocycles. The first kappa shape index (κ1) is 16.1. The van der Waals surface area contributed by atoms with Gasteiger partial charge in [-0.15, -0.1) is 0 Å². The average molecular weight is 324 g/mol. The van der Waals surface area contributed by atoms with E-state index < -0.39 is 0 Å². The number of nitriles is 1. The fourth-order valence-electron chi connectivity index (χ4n) is 2.84. The molecule has 1 atom stereocenters. The van der Waals surface area contributed by atoms with Crippen molar-refractivity contribution in [3.05, 3.63) is 41.9 Å². The van der Waals surface area contributed by atoms with Crippen LogP contribution in [0.25, 0.3) is 0 Å². The van der Waals surface area contributed by atoms with E-state index in [0.29, 0.717) is 23.6 Å². The molecule has 3 rings (SSSR count). The van der Waals surface area contributed by atoms with Crippen molar-refractivity contribution in [1.82, 2.24) is 19.9 Å². The van der Waals surface area contributed by atoms with Gasteiger partial charge in [-0.3, -0.25) is 4.90 Å². The van der Waals surface area contributed by atoms with Crippen molar-refractivity contribution < 1.29 is 4.74 Å². The molecule has 0 saturated carbocycles. The Morgan fingerprint density at radius 3 is 2.92 bits per heavy atom. The Morgan fingerprint density at radius 2 is 2.17 bits per heavy atom. The molecule has 1 aliphatic heterocycles. The highest BCUT2D eigenvalue weighted by molar-refractivity contribution is 5.34. The van der Waals surface area contributed by atoms with Crippen molar-refractivity contribution in [2.24, 2.45) is 0 Å². The monoisotopic (exact) mass is 324 g/mol. The summed E-state index contributed by atoms with van der Waals surface area (Å²) in [7, 11) is 1.63. The molecule has 124 valence electrons. The van der Waals surface area contributed by atoms with Crippen LogP contribution in [0, 0.1) is 11.3 Å². The van der Waals surface area contributed by atoms with E-state index in [2.05, 4.69) is 37.7 Å². The second-order valence-corrected chi connectivity index (χ2v) is 5.79. The summed E-state index contributed by atoms with van der Waals surface area (Å²) in [6.45, 7) is 5.49. The number of methoxy groups -OCH3 is 1. The number of rotatable bonds is 4. The minimum absolute atomic E-state index is 0.334. The van der Waals surface area contributed by atoms with Crippen LogP contribution in [0.4, 0.5) is 5.95 Å². The molecule has 0 radical (unpaired) electrons. The van der Waals surface area contributed by atoms with Crippen LogP contribution < -0.4 is 9.64 Å². The van der Waals surface area contributed by atoms with Gasteiger partial charge in [0.2, 0.25) is 11.8 Å². The van der Waals surface area contributed by atoms with Crippen LogP contribution in [0.15, 0.2) is 30.5 Å². The van der Waals surface area contributed by atoms with Gasteiger partial charge in [-0.1, -0.05) is 6.07 Å². The first-order valence-corrected chi connectivity index (χ1v) is 7.91. The smallest absolute Gasteiger partial charge is 0.226 e. The fraction of sp³-hybridized carbons (Fsp3) is 0.412. The zero-order valence-corrected chi connectivity index (χ0v) is 13.9. The maximum atomic E-state index is 8.98. The molecule has 0 amide bonds. The van der Waals surface area contributed by atoms with Gasteiger partial charge in [-0.05, 0) is 19.1 Å². The second-order valence-electron chi connectivity index (χ2n) is 5.79. The largest absolute Gasteiger partial charge is 0.481 e. The van der Waals surface area contributed by atoms with Crippen LogP contribution in [0.3, 0.4) is 0 Å². The van der Waals surface area contributed by atoms with E-state index in [1.807, 2.05) is 18.2 Å². The Hall–Kier alpha value is -2.72. The summed E-state index contributed by atoms with van der Waals surface area (Å²) < 4.78 is 5.19. The molecule has 0 aromatic carbocycles. The van der Waals surface area contributed by atoms with E-state index in [0.717, 1.165) is 31.9 Å². The van der Waals surface area contributed by atoms with Crippen molar-refractivity contribution in [3.8, 4) is 11.9 Å². The maximum Gasteiger partial charge on any atom is 0.226 e. The van der Waals surface area contributed by atoms with E-state index in [4.69, 9.17) is 10.00 Å². The summed E-state index contributed by atoms with van der Waals surface area (Å²) in [5, 5.41) is 8.98. The predicted octanol–water partition coefficient (Wildman–Crippen LogP) is 1.46. The van der Waals surface area contributed by atoms with E-state index in [-0.39, 0.29) is 0 Å². The predicted molar refractivity (Wildman–Crippen MR) is 89.6 cm³/mol. The molecule has 2 aromatic rings. The van der Waals surface area contributed by atoms with Crippen LogP contribution in [0.2, 0.25) is 0 Å². The van der Waals surface area contributed by atoms with Crippen LogP contribution in [0.5, 0.6) is 5.88 Å². The maximum absolute atomic E-state index is 8.98. The Morgan fingerprint density at radius 1 is 1.29 bits per heavy atom. The molecular formula is C17H20N6O. The fourth-order valence-corrected chi connectivity index (χ4v) is 2.84. The zero-order chi connectivity index (χ0) is 16.9. The number of hydrogen-bond donors (Lipinski definition) is 0. The quantitative estimate of drug-likeness (QED) is 0.842. The lowest BCUT2D eigenvalue weighted by Crippen LogP contribution is -2.52. The average Bonchev–Trinajstić information content (AvgIpc) is 2.63. The molecule has 1 unspecified atom stereocenters. The highest BCUT2D eigenvalue weighted by Gasteiger charge is 2.25. The Balaban J connectivity index is 1.65. The van der Waals surface area contributed by atoms with E-state index in [1.165, 1.54) is 0 Å². The Bertz CT molecular complexity index is 744. The molecule has 0 bridgehead atoms. The van der Waals surface area contributed by atoms with Crippen molar-refractivity contribution >= 4 is 5.95 Å². The molecule has 0 aliphatic carbocycles. The standard InChI is InChI=1S/C17H20N6O/c1-13-11-23(17-19-7-6-14(10-18)21-17)9-8-22(13)12-15-4-3-5-16(20-15)24-2/h3-7,13H,8-9,11-12H2,1-2H3. The molecule has 1 aliphatic rings. The number of nitrogens with zero attached hydrogens (tertiary/aromatic N) is 6. The number of hydrogen-bond acceptors (Lipinski definition) is 7. The van der Waals surface area contributed by atoms with E-state index in [9.17, 15) is 0 Å². The van der Waals surface area contributed by atoms with Gasteiger partial charge in [0.1, 0.15) is 11.8 Å². The van der Waals surface area contributed by atoms with Gasteiger partial charge in [0.05, 0.1) is 12.8 Å². The summed E-state index contributed by atoms with van der Waals surface area (Å²) in [6, 6.07) is 9.85. The number of anilines is 1. The molecule has 0 spiro atoms. The Kier molecular flexibility index (Phi) is 4.87. The molecule has 0 N–H and O–H groups in total.